The van der Waals surface area contributed by atoms with Crippen LogP contribution in [0.4, 0.5) is 5.69 Å². The van der Waals surface area contributed by atoms with Gasteiger partial charge in [0.25, 0.3) is 5.69 Å². The molecule has 0 saturated heterocycles. The molecule has 120 valence electrons. The fourth-order valence-electron chi connectivity index (χ4n) is 2.73. The lowest BCUT2D eigenvalue weighted by Gasteiger charge is -2.34. The number of amides is 1. The average Bonchev–Trinajstić information content (AvgIpc) is 2.55. The van der Waals surface area contributed by atoms with E-state index in [0.717, 1.165) is 11.1 Å². The van der Waals surface area contributed by atoms with E-state index in [4.69, 9.17) is 11.5 Å². The van der Waals surface area contributed by atoms with Gasteiger partial charge in [0.15, 0.2) is 0 Å². The Labute approximate surface area is 134 Å². The number of primary amides is 1. The molecule has 2 rings (SSSR count). The van der Waals surface area contributed by atoms with Crippen LogP contribution < -0.4 is 11.5 Å². The molecule has 2 atom stereocenters. The van der Waals surface area contributed by atoms with Crippen LogP contribution in [0, 0.1) is 10.1 Å². The van der Waals surface area contributed by atoms with Crippen LogP contribution in [0.25, 0.3) is 0 Å². The molecule has 0 aliphatic carbocycles. The molecule has 6 heteroatoms. The van der Waals surface area contributed by atoms with Gasteiger partial charge in [-0.3, -0.25) is 14.9 Å². The van der Waals surface area contributed by atoms with Crippen molar-refractivity contribution < 1.29 is 9.72 Å². The van der Waals surface area contributed by atoms with Gasteiger partial charge >= 0.3 is 0 Å². The van der Waals surface area contributed by atoms with Gasteiger partial charge in [-0.1, -0.05) is 49.4 Å². The highest BCUT2D eigenvalue weighted by Crippen LogP contribution is 2.32. The molecule has 23 heavy (non-hydrogen) atoms. The molecule has 2 aromatic carbocycles. The smallest absolute Gasteiger partial charge is 0.269 e. The third kappa shape index (κ3) is 3.54. The first-order valence-electron chi connectivity index (χ1n) is 7.18. The van der Waals surface area contributed by atoms with Crippen molar-refractivity contribution in [3.63, 3.8) is 0 Å². The summed E-state index contributed by atoms with van der Waals surface area (Å²) in [4.78, 5) is 22.2. The fraction of sp³-hybridized carbons (Fsp3) is 0.235. The Bertz CT molecular complexity index is 718. The highest BCUT2D eigenvalue weighted by atomic mass is 16.6. The molecule has 6 nitrogen and oxygen atoms in total. The Morgan fingerprint density at radius 1 is 1.22 bits per heavy atom. The Morgan fingerprint density at radius 2 is 1.87 bits per heavy atom. The second-order valence-corrected chi connectivity index (χ2v) is 5.77. The number of carbonyl (C=O) groups is 1. The Morgan fingerprint density at radius 3 is 2.43 bits per heavy atom. The largest absolute Gasteiger partial charge is 0.368 e. The van der Waals surface area contributed by atoms with E-state index in [2.05, 4.69) is 0 Å². The van der Waals surface area contributed by atoms with Gasteiger partial charge in [-0.05, 0) is 17.5 Å². The molecule has 0 spiro atoms. The van der Waals surface area contributed by atoms with E-state index < -0.39 is 22.3 Å². The van der Waals surface area contributed by atoms with Crippen molar-refractivity contribution >= 4 is 11.6 Å². The molecule has 0 aromatic heterocycles. The maximum atomic E-state index is 11.7. The summed E-state index contributed by atoms with van der Waals surface area (Å²) in [6.07, 6.45) is 0.364. The van der Waals surface area contributed by atoms with Crippen LogP contribution in [0.1, 0.15) is 18.1 Å². The molecular weight excluding hydrogens is 294 g/mol. The predicted molar refractivity (Wildman–Crippen MR) is 87.8 cm³/mol. The second kappa shape index (κ2) is 6.58. The third-order valence-corrected chi connectivity index (χ3v) is 4.12. The Kier molecular flexibility index (Phi) is 4.76. The molecule has 0 aliphatic heterocycles. The number of nitrogens with two attached hydrogens (primary N) is 2. The number of nitro benzene ring substituents is 1. The SMILES string of the molecule is CC(Cc1cccc([N+](=O)[O-])c1)(c1ccccc1)C(N)C(N)=O. The van der Waals surface area contributed by atoms with Gasteiger partial charge in [0, 0.05) is 17.5 Å². The van der Waals surface area contributed by atoms with Gasteiger partial charge < -0.3 is 11.5 Å². The van der Waals surface area contributed by atoms with E-state index >= 15 is 0 Å². The summed E-state index contributed by atoms with van der Waals surface area (Å²) < 4.78 is 0. The zero-order valence-corrected chi connectivity index (χ0v) is 12.8. The van der Waals surface area contributed by atoms with Crippen LogP contribution in [-0.2, 0) is 16.6 Å². The van der Waals surface area contributed by atoms with Crippen molar-refractivity contribution in [3.05, 3.63) is 75.8 Å². The summed E-state index contributed by atoms with van der Waals surface area (Å²) in [5, 5.41) is 10.9. The highest BCUT2D eigenvalue weighted by Gasteiger charge is 2.37. The predicted octanol–water partition coefficient (Wildman–Crippen LogP) is 1.91. The van der Waals surface area contributed by atoms with E-state index in [1.54, 1.807) is 12.1 Å². The maximum Gasteiger partial charge on any atom is 0.269 e. The van der Waals surface area contributed by atoms with Crippen LogP contribution in [0.2, 0.25) is 0 Å². The maximum absolute atomic E-state index is 11.7. The lowest BCUT2D eigenvalue weighted by Crippen LogP contribution is -2.52. The fourth-order valence-corrected chi connectivity index (χ4v) is 2.73. The number of nitrogens with zero attached hydrogens (tertiary/aromatic N) is 1. The van der Waals surface area contributed by atoms with Crippen molar-refractivity contribution in [2.75, 3.05) is 0 Å². The quantitative estimate of drug-likeness (QED) is 0.626. The molecule has 0 radical (unpaired) electrons. The number of benzene rings is 2. The standard InChI is InChI=1S/C17H19N3O3/c1-17(15(18)16(19)21,13-7-3-2-4-8-13)11-12-6-5-9-14(10-12)20(22)23/h2-10,15H,11,18H2,1H3,(H2,19,21). The number of rotatable bonds is 6. The summed E-state index contributed by atoms with van der Waals surface area (Å²) in [7, 11) is 0. The minimum absolute atomic E-state index is 0.00515. The first-order valence-corrected chi connectivity index (χ1v) is 7.18. The van der Waals surface area contributed by atoms with Crippen molar-refractivity contribution in [1.29, 1.82) is 0 Å². The van der Waals surface area contributed by atoms with E-state index in [9.17, 15) is 14.9 Å². The highest BCUT2D eigenvalue weighted by molar-refractivity contribution is 5.81. The lowest BCUT2D eigenvalue weighted by molar-refractivity contribution is -0.384. The third-order valence-electron chi connectivity index (χ3n) is 4.12. The van der Waals surface area contributed by atoms with Gasteiger partial charge in [-0.25, -0.2) is 0 Å². The Balaban J connectivity index is 2.45. The molecule has 2 unspecified atom stereocenters. The first-order chi connectivity index (χ1) is 10.8. The summed E-state index contributed by atoms with van der Waals surface area (Å²) in [6, 6.07) is 14.7. The van der Waals surface area contributed by atoms with Gasteiger partial charge in [0.1, 0.15) is 0 Å². The van der Waals surface area contributed by atoms with Crippen LogP contribution in [0.5, 0.6) is 0 Å². The summed E-state index contributed by atoms with van der Waals surface area (Å²) >= 11 is 0. The van der Waals surface area contributed by atoms with Crippen molar-refractivity contribution in [2.45, 2.75) is 24.8 Å². The van der Waals surface area contributed by atoms with Crippen molar-refractivity contribution in [2.24, 2.45) is 11.5 Å². The van der Waals surface area contributed by atoms with E-state index in [-0.39, 0.29) is 5.69 Å². The zero-order valence-electron chi connectivity index (χ0n) is 12.8. The van der Waals surface area contributed by atoms with Crippen molar-refractivity contribution in [1.82, 2.24) is 0 Å². The summed E-state index contributed by atoms with van der Waals surface area (Å²) in [6.45, 7) is 1.84. The monoisotopic (exact) mass is 313 g/mol. The second-order valence-electron chi connectivity index (χ2n) is 5.77. The summed E-state index contributed by atoms with van der Waals surface area (Å²) in [5.41, 5.74) is 12.3. The first kappa shape index (κ1) is 16.6. The number of carbonyl (C=O) groups excluding carboxylic acids is 1. The molecule has 0 heterocycles. The minimum atomic E-state index is -0.913. The number of non-ortho nitro benzene ring substituents is 1. The van der Waals surface area contributed by atoms with E-state index in [1.807, 2.05) is 37.3 Å². The van der Waals surface area contributed by atoms with Crippen LogP contribution in [0.3, 0.4) is 0 Å². The molecule has 4 N–H and O–H groups in total. The van der Waals surface area contributed by atoms with Crippen LogP contribution in [-0.4, -0.2) is 16.9 Å². The molecule has 0 bridgehead atoms. The van der Waals surface area contributed by atoms with Crippen molar-refractivity contribution in [3.8, 4) is 0 Å². The Hall–Kier alpha value is -2.73. The minimum Gasteiger partial charge on any atom is -0.368 e. The number of hydrogen-bond acceptors (Lipinski definition) is 4. The van der Waals surface area contributed by atoms with Gasteiger partial charge in [-0.15, -0.1) is 0 Å². The van der Waals surface area contributed by atoms with E-state index in [0.29, 0.717) is 6.42 Å². The normalized spacial score (nSPS) is 14.7. The molecular formula is C17H19N3O3. The molecule has 0 aliphatic rings. The van der Waals surface area contributed by atoms with Gasteiger partial charge in [0.2, 0.25) is 5.91 Å². The zero-order chi connectivity index (χ0) is 17.0. The lowest BCUT2D eigenvalue weighted by atomic mass is 9.71. The van der Waals surface area contributed by atoms with Crippen LogP contribution in [0.15, 0.2) is 54.6 Å². The average molecular weight is 313 g/mol. The molecule has 0 saturated carbocycles. The summed E-state index contributed by atoms with van der Waals surface area (Å²) in [5.74, 6) is -0.609. The van der Waals surface area contributed by atoms with E-state index in [1.165, 1.54) is 12.1 Å². The topological polar surface area (TPSA) is 112 Å². The molecule has 0 fully saturated rings. The van der Waals surface area contributed by atoms with Crippen LogP contribution >= 0.6 is 0 Å². The van der Waals surface area contributed by atoms with Gasteiger partial charge in [0.05, 0.1) is 11.0 Å². The number of hydrogen-bond donors (Lipinski definition) is 2. The molecule has 2 aromatic rings. The molecule has 1 amide bonds. The number of nitro groups is 1. The van der Waals surface area contributed by atoms with Gasteiger partial charge in [-0.2, -0.15) is 0 Å².